The number of pyridine rings is 1. The highest BCUT2D eigenvalue weighted by atomic mass is 35.5. The van der Waals surface area contributed by atoms with E-state index in [1.807, 2.05) is 45.0 Å². The monoisotopic (exact) mass is 276 g/mol. The molecule has 1 aromatic carbocycles. The van der Waals surface area contributed by atoms with Crippen LogP contribution in [0.4, 0.5) is 5.82 Å². The Kier molecular flexibility index (Phi) is 4.27. The van der Waals surface area contributed by atoms with Crippen LogP contribution in [0, 0.1) is 13.8 Å². The zero-order valence-electron chi connectivity index (χ0n) is 11.3. The Morgan fingerprint density at radius 3 is 2.47 bits per heavy atom. The average molecular weight is 277 g/mol. The molecule has 0 aliphatic heterocycles. The van der Waals surface area contributed by atoms with Crippen LogP contribution in [0.5, 0.6) is 11.5 Å². The number of benzene rings is 1. The van der Waals surface area contributed by atoms with E-state index in [0.717, 1.165) is 40.0 Å². The van der Waals surface area contributed by atoms with E-state index in [1.54, 1.807) is 6.20 Å². The van der Waals surface area contributed by atoms with Crippen molar-refractivity contribution in [2.24, 2.45) is 0 Å². The summed E-state index contributed by atoms with van der Waals surface area (Å²) in [5.41, 5.74) is 2.02. The molecule has 0 amide bonds. The summed E-state index contributed by atoms with van der Waals surface area (Å²) < 4.78 is 5.84. The minimum absolute atomic E-state index is 0.757. The zero-order valence-corrected chi connectivity index (χ0v) is 12.1. The SMILES string of the molecule is CCNc1cc(Oc2cc(C)c(Cl)c(C)c2)ccn1. The molecule has 0 atom stereocenters. The Morgan fingerprint density at radius 2 is 1.84 bits per heavy atom. The molecule has 0 fully saturated rings. The zero-order chi connectivity index (χ0) is 13.8. The maximum absolute atomic E-state index is 6.14. The molecule has 0 bridgehead atoms. The van der Waals surface area contributed by atoms with Crippen LogP contribution in [-0.4, -0.2) is 11.5 Å². The number of nitrogens with zero attached hydrogens (tertiary/aromatic N) is 1. The summed E-state index contributed by atoms with van der Waals surface area (Å²) in [5, 5.41) is 3.94. The molecule has 0 unspecified atom stereocenters. The van der Waals surface area contributed by atoms with Gasteiger partial charge in [0.05, 0.1) is 0 Å². The molecule has 2 aromatic rings. The van der Waals surface area contributed by atoms with Crippen molar-refractivity contribution in [1.29, 1.82) is 0 Å². The summed E-state index contributed by atoms with van der Waals surface area (Å²) in [6.45, 7) is 6.80. The van der Waals surface area contributed by atoms with Crippen molar-refractivity contribution >= 4 is 17.4 Å². The number of hydrogen-bond donors (Lipinski definition) is 1. The molecule has 100 valence electrons. The summed E-state index contributed by atoms with van der Waals surface area (Å²) in [6.07, 6.45) is 1.73. The van der Waals surface area contributed by atoms with Crippen LogP contribution in [-0.2, 0) is 0 Å². The Bertz CT molecular complexity index is 561. The van der Waals surface area contributed by atoms with E-state index in [9.17, 15) is 0 Å². The summed E-state index contributed by atoms with van der Waals surface area (Å²) >= 11 is 6.14. The van der Waals surface area contributed by atoms with Crippen molar-refractivity contribution < 1.29 is 4.74 Å². The van der Waals surface area contributed by atoms with Crippen LogP contribution in [0.25, 0.3) is 0 Å². The van der Waals surface area contributed by atoms with Crippen molar-refractivity contribution in [3.63, 3.8) is 0 Å². The van der Waals surface area contributed by atoms with Crippen molar-refractivity contribution in [2.75, 3.05) is 11.9 Å². The molecule has 0 spiro atoms. The summed E-state index contributed by atoms with van der Waals surface area (Å²) in [6, 6.07) is 7.58. The fraction of sp³-hybridized carbons (Fsp3) is 0.267. The lowest BCUT2D eigenvalue weighted by Crippen LogP contribution is -1.98. The molecule has 2 rings (SSSR count). The lowest BCUT2D eigenvalue weighted by atomic mass is 10.1. The van der Waals surface area contributed by atoms with Crippen LogP contribution < -0.4 is 10.1 Å². The molecule has 1 heterocycles. The van der Waals surface area contributed by atoms with Gasteiger partial charge in [0.15, 0.2) is 0 Å². The van der Waals surface area contributed by atoms with Crippen LogP contribution in [0.15, 0.2) is 30.5 Å². The number of hydrogen-bond acceptors (Lipinski definition) is 3. The van der Waals surface area contributed by atoms with Crippen LogP contribution in [0.3, 0.4) is 0 Å². The second-order valence-corrected chi connectivity index (χ2v) is 4.76. The fourth-order valence-electron chi connectivity index (χ4n) is 1.85. The Labute approximate surface area is 118 Å². The maximum Gasteiger partial charge on any atom is 0.132 e. The molecule has 0 saturated heterocycles. The second-order valence-electron chi connectivity index (χ2n) is 4.38. The van der Waals surface area contributed by atoms with E-state index >= 15 is 0 Å². The fourth-order valence-corrected chi connectivity index (χ4v) is 1.96. The normalized spacial score (nSPS) is 10.3. The molecular formula is C15H17ClN2O. The van der Waals surface area contributed by atoms with Gasteiger partial charge >= 0.3 is 0 Å². The molecule has 0 aliphatic rings. The number of rotatable bonds is 4. The number of ether oxygens (including phenoxy) is 1. The third-order valence-electron chi connectivity index (χ3n) is 2.73. The predicted molar refractivity (Wildman–Crippen MR) is 79.4 cm³/mol. The molecule has 0 radical (unpaired) electrons. The lowest BCUT2D eigenvalue weighted by molar-refractivity contribution is 0.481. The average Bonchev–Trinajstić information content (AvgIpc) is 2.37. The van der Waals surface area contributed by atoms with E-state index in [1.165, 1.54) is 0 Å². The van der Waals surface area contributed by atoms with Gasteiger partial charge in [0.1, 0.15) is 17.3 Å². The molecule has 1 aromatic heterocycles. The van der Waals surface area contributed by atoms with Crippen molar-refractivity contribution in [2.45, 2.75) is 20.8 Å². The highest BCUT2D eigenvalue weighted by Gasteiger charge is 2.05. The van der Waals surface area contributed by atoms with E-state index in [-0.39, 0.29) is 0 Å². The highest BCUT2D eigenvalue weighted by Crippen LogP contribution is 2.29. The van der Waals surface area contributed by atoms with Crippen molar-refractivity contribution in [3.8, 4) is 11.5 Å². The van der Waals surface area contributed by atoms with E-state index in [0.29, 0.717) is 0 Å². The number of anilines is 1. The third-order valence-corrected chi connectivity index (χ3v) is 3.33. The summed E-state index contributed by atoms with van der Waals surface area (Å²) in [5.74, 6) is 2.35. The van der Waals surface area contributed by atoms with Crippen molar-refractivity contribution in [3.05, 3.63) is 46.6 Å². The maximum atomic E-state index is 6.14. The lowest BCUT2D eigenvalue weighted by Gasteiger charge is -2.10. The minimum Gasteiger partial charge on any atom is -0.457 e. The second kappa shape index (κ2) is 5.93. The summed E-state index contributed by atoms with van der Waals surface area (Å²) in [4.78, 5) is 4.21. The standard InChI is InChI=1S/C15H17ClN2O/c1-4-17-14-9-12(5-6-18-14)19-13-7-10(2)15(16)11(3)8-13/h5-9H,4H2,1-3H3,(H,17,18). The topological polar surface area (TPSA) is 34.1 Å². The van der Waals surface area contributed by atoms with Gasteiger partial charge in [-0.1, -0.05) is 11.6 Å². The molecule has 3 nitrogen and oxygen atoms in total. The molecule has 4 heteroatoms. The van der Waals surface area contributed by atoms with Gasteiger partial charge in [-0.3, -0.25) is 0 Å². The summed E-state index contributed by atoms with van der Waals surface area (Å²) in [7, 11) is 0. The first-order valence-electron chi connectivity index (χ1n) is 6.24. The van der Waals surface area contributed by atoms with E-state index in [2.05, 4.69) is 10.3 Å². The van der Waals surface area contributed by atoms with Crippen LogP contribution in [0.2, 0.25) is 5.02 Å². The Hall–Kier alpha value is -1.74. The smallest absolute Gasteiger partial charge is 0.132 e. The van der Waals surface area contributed by atoms with Gasteiger partial charge < -0.3 is 10.1 Å². The van der Waals surface area contributed by atoms with Gasteiger partial charge in [-0.05, 0) is 50.1 Å². The molecule has 1 N–H and O–H groups in total. The third kappa shape index (κ3) is 3.38. The van der Waals surface area contributed by atoms with Gasteiger partial charge in [-0.2, -0.15) is 0 Å². The number of halogens is 1. The number of nitrogens with one attached hydrogen (secondary N) is 1. The number of aryl methyl sites for hydroxylation is 2. The molecule has 0 aliphatic carbocycles. The first-order valence-corrected chi connectivity index (χ1v) is 6.62. The van der Waals surface area contributed by atoms with E-state index < -0.39 is 0 Å². The largest absolute Gasteiger partial charge is 0.457 e. The van der Waals surface area contributed by atoms with Gasteiger partial charge in [-0.15, -0.1) is 0 Å². The number of aromatic nitrogens is 1. The van der Waals surface area contributed by atoms with Gasteiger partial charge in [0, 0.05) is 23.8 Å². The highest BCUT2D eigenvalue weighted by molar-refractivity contribution is 6.32. The van der Waals surface area contributed by atoms with Gasteiger partial charge in [0.2, 0.25) is 0 Å². The van der Waals surface area contributed by atoms with Gasteiger partial charge in [-0.25, -0.2) is 4.98 Å². The Balaban J connectivity index is 2.23. The van der Waals surface area contributed by atoms with Crippen LogP contribution in [0.1, 0.15) is 18.1 Å². The molecule has 19 heavy (non-hydrogen) atoms. The molecular weight excluding hydrogens is 260 g/mol. The Morgan fingerprint density at radius 1 is 1.16 bits per heavy atom. The minimum atomic E-state index is 0.757. The first kappa shape index (κ1) is 13.7. The quantitative estimate of drug-likeness (QED) is 0.888. The van der Waals surface area contributed by atoms with Gasteiger partial charge in [0.25, 0.3) is 0 Å². The van der Waals surface area contributed by atoms with Crippen molar-refractivity contribution in [1.82, 2.24) is 4.98 Å². The van der Waals surface area contributed by atoms with Crippen LogP contribution >= 0.6 is 11.6 Å². The predicted octanol–water partition coefficient (Wildman–Crippen LogP) is 4.58. The van der Waals surface area contributed by atoms with E-state index in [4.69, 9.17) is 16.3 Å². The first-order chi connectivity index (χ1) is 9.10. The molecule has 0 saturated carbocycles.